The zero-order chi connectivity index (χ0) is 20.1. The second kappa shape index (κ2) is 9.05. The summed E-state index contributed by atoms with van der Waals surface area (Å²) >= 11 is 5.95. The number of hydrogen-bond donors (Lipinski definition) is 1. The van der Waals surface area contributed by atoms with Gasteiger partial charge in [0.05, 0.1) is 15.5 Å². The minimum absolute atomic E-state index is 0.105. The van der Waals surface area contributed by atoms with Crippen LogP contribution in [0.3, 0.4) is 0 Å². The molecule has 0 bridgehead atoms. The molecule has 148 valence electrons. The normalized spacial score (nSPS) is 12.5. The zero-order valence-corrected chi connectivity index (χ0v) is 16.3. The van der Waals surface area contributed by atoms with Gasteiger partial charge in [-0.25, -0.2) is 13.1 Å². The van der Waals surface area contributed by atoms with Crippen LogP contribution in [0.25, 0.3) is 0 Å². The average molecular weight is 415 g/mol. The summed E-state index contributed by atoms with van der Waals surface area (Å²) in [6.45, 7) is 3.49. The number of nitrogens with zero attached hydrogens (tertiary/aromatic N) is 1. The number of carbonyl (C=O) groups is 1. The lowest BCUT2D eigenvalue weighted by Crippen LogP contribution is -2.40. The van der Waals surface area contributed by atoms with Gasteiger partial charge in [0.1, 0.15) is 6.54 Å². The standard InChI is InChI=1S/C16H22ClF3N2O3S/c1-4-5-8-22(10-16(18,19)20)15(23)13-9-12(6-7-14(13)17)26(24,25)21-11(2)3/h6-7,9,11,21H,4-5,8,10H2,1-3H3. The lowest BCUT2D eigenvalue weighted by Gasteiger charge is -2.24. The number of rotatable bonds is 8. The molecule has 0 saturated heterocycles. The number of unbranched alkanes of at least 4 members (excludes halogenated alkanes) is 1. The second-order valence-corrected chi connectivity index (χ2v) is 8.23. The lowest BCUT2D eigenvalue weighted by molar-refractivity contribution is -0.140. The Labute approximate surface area is 156 Å². The van der Waals surface area contributed by atoms with Crippen molar-refractivity contribution in [1.82, 2.24) is 9.62 Å². The third-order valence-corrected chi connectivity index (χ3v) is 5.29. The van der Waals surface area contributed by atoms with E-state index in [1.54, 1.807) is 20.8 Å². The summed E-state index contributed by atoms with van der Waals surface area (Å²) < 4.78 is 65.2. The van der Waals surface area contributed by atoms with Crippen molar-refractivity contribution in [3.8, 4) is 0 Å². The van der Waals surface area contributed by atoms with E-state index in [-0.39, 0.29) is 28.1 Å². The molecule has 1 amide bonds. The molecule has 0 saturated carbocycles. The van der Waals surface area contributed by atoms with Gasteiger partial charge in [-0.3, -0.25) is 4.79 Å². The highest BCUT2D eigenvalue weighted by Crippen LogP contribution is 2.25. The van der Waals surface area contributed by atoms with Gasteiger partial charge in [-0.15, -0.1) is 0 Å². The molecule has 1 N–H and O–H groups in total. The van der Waals surface area contributed by atoms with Crippen LogP contribution in [0.5, 0.6) is 0 Å². The molecule has 0 radical (unpaired) electrons. The maximum Gasteiger partial charge on any atom is 0.406 e. The fourth-order valence-corrected chi connectivity index (χ4v) is 3.68. The Morgan fingerprint density at radius 3 is 2.42 bits per heavy atom. The monoisotopic (exact) mass is 414 g/mol. The fraction of sp³-hybridized carbons (Fsp3) is 0.562. The first-order chi connectivity index (χ1) is 11.9. The summed E-state index contributed by atoms with van der Waals surface area (Å²) in [5, 5.41) is -0.109. The second-order valence-electron chi connectivity index (χ2n) is 6.11. The van der Waals surface area contributed by atoms with Gasteiger partial charge >= 0.3 is 6.18 Å². The number of halogens is 4. The quantitative estimate of drug-likeness (QED) is 0.703. The number of benzene rings is 1. The van der Waals surface area contributed by atoms with E-state index in [1.165, 1.54) is 12.1 Å². The molecule has 0 atom stereocenters. The summed E-state index contributed by atoms with van der Waals surface area (Å²) in [5.74, 6) is -0.956. The summed E-state index contributed by atoms with van der Waals surface area (Å²) in [6.07, 6.45) is -3.59. The fourth-order valence-electron chi connectivity index (χ4n) is 2.20. The molecule has 0 heterocycles. The number of hydrogen-bond acceptors (Lipinski definition) is 3. The van der Waals surface area contributed by atoms with E-state index in [0.29, 0.717) is 17.7 Å². The summed E-state index contributed by atoms with van der Waals surface area (Å²) in [7, 11) is -3.91. The van der Waals surface area contributed by atoms with Gasteiger partial charge in [0.15, 0.2) is 0 Å². The van der Waals surface area contributed by atoms with E-state index in [9.17, 15) is 26.4 Å². The number of alkyl halides is 3. The minimum Gasteiger partial charge on any atom is -0.329 e. The van der Waals surface area contributed by atoms with Crippen molar-refractivity contribution in [3.05, 3.63) is 28.8 Å². The third kappa shape index (κ3) is 6.77. The van der Waals surface area contributed by atoms with Crippen molar-refractivity contribution >= 4 is 27.5 Å². The minimum atomic E-state index is -4.57. The van der Waals surface area contributed by atoms with Crippen LogP contribution in [-0.4, -0.2) is 44.5 Å². The predicted octanol–water partition coefficient (Wildman–Crippen LogP) is 3.83. The van der Waals surface area contributed by atoms with Gasteiger partial charge in [-0.2, -0.15) is 13.2 Å². The van der Waals surface area contributed by atoms with E-state index in [2.05, 4.69) is 4.72 Å². The Hall–Kier alpha value is -1.32. The number of nitrogens with one attached hydrogen (secondary N) is 1. The molecule has 0 fully saturated rings. The summed E-state index contributed by atoms with van der Waals surface area (Å²) in [5.41, 5.74) is -0.279. The molecule has 1 aromatic carbocycles. The first kappa shape index (κ1) is 22.7. The van der Waals surface area contributed by atoms with Crippen LogP contribution < -0.4 is 4.72 Å². The Balaban J connectivity index is 3.25. The topological polar surface area (TPSA) is 66.5 Å². The van der Waals surface area contributed by atoms with Crippen LogP contribution in [-0.2, 0) is 10.0 Å². The largest absolute Gasteiger partial charge is 0.406 e. The number of amides is 1. The van der Waals surface area contributed by atoms with Crippen molar-refractivity contribution in [1.29, 1.82) is 0 Å². The number of sulfonamides is 1. The van der Waals surface area contributed by atoms with Crippen molar-refractivity contribution in [2.24, 2.45) is 0 Å². The molecule has 10 heteroatoms. The Bertz CT molecular complexity index is 737. The van der Waals surface area contributed by atoms with Crippen LogP contribution in [0.15, 0.2) is 23.1 Å². The van der Waals surface area contributed by atoms with Gasteiger partial charge in [-0.1, -0.05) is 24.9 Å². The van der Waals surface area contributed by atoms with Gasteiger partial charge in [0.2, 0.25) is 10.0 Å². The molecule has 0 unspecified atom stereocenters. The highest BCUT2D eigenvalue weighted by atomic mass is 35.5. The zero-order valence-electron chi connectivity index (χ0n) is 14.7. The van der Waals surface area contributed by atoms with Crippen LogP contribution in [0.1, 0.15) is 44.0 Å². The summed E-state index contributed by atoms with van der Waals surface area (Å²) in [4.78, 5) is 13.0. The van der Waals surface area contributed by atoms with Crippen molar-refractivity contribution in [2.45, 2.75) is 50.7 Å². The first-order valence-corrected chi connectivity index (χ1v) is 9.91. The Morgan fingerprint density at radius 2 is 1.92 bits per heavy atom. The van der Waals surface area contributed by atoms with Crippen molar-refractivity contribution in [3.63, 3.8) is 0 Å². The molecular weight excluding hydrogens is 393 g/mol. The Morgan fingerprint density at radius 1 is 1.31 bits per heavy atom. The molecule has 1 rings (SSSR count). The van der Waals surface area contributed by atoms with Crippen LogP contribution in [0.4, 0.5) is 13.2 Å². The molecule has 26 heavy (non-hydrogen) atoms. The third-order valence-electron chi connectivity index (χ3n) is 3.31. The lowest BCUT2D eigenvalue weighted by atomic mass is 10.2. The van der Waals surface area contributed by atoms with Crippen molar-refractivity contribution < 1.29 is 26.4 Å². The molecule has 0 aliphatic carbocycles. The van der Waals surface area contributed by atoms with E-state index in [1.807, 2.05) is 0 Å². The van der Waals surface area contributed by atoms with Gasteiger partial charge in [0, 0.05) is 12.6 Å². The highest BCUT2D eigenvalue weighted by Gasteiger charge is 2.34. The molecule has 0 aliphatic heterocycles. The maximum absolute atomic E-state index is 12.8. The molecule has 5 nitrogen and oxygen atoms in total. The van der Waals surface area contributed by atoms with Crippen molar-refractivity contribution in [2.75, 3.05) is 13.1 Å². The molecule has 1 aromatic rings. The maximum atomic E-state index is 12.8. The highest BCUT2D eigenvalue weighted by molar-refractivity contribution is 7.89. The van der Waals surface area contributed by atoms with Gasteiger partial charge in [-0.05, 0) is 38.5 Å². The molecule has 0 spiro atoms. The molecular formula is C16H22ClF3N2O3S. The number of carbonyl (C=O) groups excluding carboxylic acids is 1. The van der Waals surface area contributed by atoms with E-state index >= 15 is 0 Å². The molecule has 0 aliphatic rings. The Kier molecular flexibility index (Phi) is 7.91. The SMILES string of the molecule is CCCCN(CC(F)(F)F)C(=O)c1cc(S(=O)(=O)NC(C)C)ccc1Cl. The van der Waals surface area contributed by atoms with E-state index in [4.69, 9.17) is 11.6 Å². The average Bonchev–Trinajstić information content (AvgIpc) is 2.48. The van der Waals surface area contributed by atoms with Crippen LogP contribution in [0.2, 0.25) is 5.02 Å². The van der Waals surface area contributed by atoms with E-state index < -0.39 is 28.7 Å². The van der Waals surface area contributed by atoms with Gasteiger partial charge < -0.3 is 4.90 Å². The van der Waals surface area contributed by atoms with Crippen LogP contribution in [0, 0.1) is 0 Å². The van der Waals surface area contributed by atoms with E-state index in [0.717, 1.165) is 6.07 Å². The van der Waals surface area contributed by atoms with Gasteiger partial charge in [0.25, 0.3) is 5.91 Å². The molecule has 0 aromatic heterocycles. The predicted molar refractivity (Wildman–Crippen MR) is 93.8 cm³/mol. The smallest absolute Gasteiger partial charge is 0.329 e. The first-order valence-electron chi connectivity index (χ1n) is 8.05. The van der Waals surface area contributed by atoms with Crippen LogP contribution >= 0.6 is 11.6 Å². The summed E-state index contributed by atoms with van der Waals surface area (Å²) in [6, 6.07) is 3.00.